The number of benzene rings is 2. The number of nitrogens with zero attached hydrogens (tertiary/aromatic N) is 3. The Labute approximate surface area is 224 Å². The number of anilines is 2. The molecule has 39 heavy (non-hydrogen) atoms. The van der Waals surface area contributed by atoms with E-state index in [1.54, 1.807) is 25.2 Å². The average Bonchev–Trinajstić information content (AvgIpc) is 2.93. The number of nitrogens with one attached hydrogen (secondary N) is 3. The van der Waals surface area contributed by atoms with Gasteiger partial charge in [0.05, 0.1) is 21.8 Å². The second kappa shape index (κ2) is 11.0. The molecular formula is C26H26N6O6S. The Hall–Kier alpha value is -4.62. The molecule has 4 rings (SSSR count). The van der Waals surface area contributed by atoms with Crippen molar-refractivity contribution in [3.8, 4) is 0 Å². The first-order chi connectivity index (χ1) is 18.5. The Morgan fingerprint density at radius 1 is 1.13 bits per heavy atom. The topological polar surface area (TPSA) is 176 Å². The number of aromatic nitrogens is 2. The van der Waals surface area contributed by atoms with Crippen molar-refractivity contribution in [2.45, 2.75) is 23.5 Å². The summed E-state index contributed by atoms with van der Waals surface area (Å²) in [6.07, 6.45) is 6.30. The largest absolute Gasteiger partial charge is 0.382 e. The van der Waals surface area contributed by atoms with Crippen LogP contribution in [0.15, 0.2) is 90.0 Å². The minimum absolute atomic E-state index is 0.00159. The number of sulfonamides is 1. The van der Waals surface area contributed by atoms with Gasteiger partial charge in [-0.1, -0.05) is 42.5 Å². The lowest BCUT2D eigenvalue weighted by Crippen LogP contribution is -2.54. The van der Waals surface area contributed by atoms with Crippen LogP contribution >= 0.6 is 0 Å². The number of carbonyl (C=O) groups excluding carboxylic acids is 1. The molecule has 2 aromatic carbocycles. The van der Waals surface area contributed by atoms with Gasteiger partial charge in [-0.15, -0.1) is 0 Å². The van der Waals surface area contributed by atoms with Crippen molar-refractivity contribution >= 4 is 39.0 Å². The molecule has 0 saturated heterocycles. The van der Waals surface area contributed by atoms with E-state index in [2.05, 4.69) is 25.3 Å². The standard InChI is InChI=1S/C26H26N6O6S/c1-17(26(34)14-12-19(16-22(26)24(33)27-2)18-6-4-3-5-7-18)29-25-28-15-13-23(30-25)31-39(37,38)21-10-8-20(9-11-21)32(35)36/h3-17,22,34H,1-2H3,(H,27,33)(H2,28,29,30,31)/t17?,22-,26?/m1/s1. The molecule has 0 aliphatic heterocycles. The van der Waals surface area contributed by atoms with E-state index in [0.717, 1.165) is 35.4 Å². The van der Waals surface area contributed by atoms with E-state index in [0.29, 0.717) is 0 Å². The molecule has 3 atom stereocenters. The number of nitro groups is 1. The number of non-ortho nitro benzene ring substituents is 1. The predicted octanol–water partition coefficient (Wildman–Crippen LogP) is 2.73. The molecule has 0 radical (unpaired) electrons. The molecule has 1 aliphatic rings. The molecule has 13 heteroatoms. The fourth-order valence-corrected chi connectivity index (χ4v) is 5.11. The van der Waals surface area contributed by atoms with Gasteiger partial charge in [-0.3, -0.25) is 19.6 Å². The third kappa shape index (κ3) is 5.94. The van der Waals surface area contributed by atoms with Crippen LogP contribution in [0.5, 0.6) is 0 Å². The second-order valence-electron chi connectivity index (χ2n) is 8.79. The van der Waals surface area contributed by atoms with E-state index in [4.69, 9.17) is 0 Å². The van der Waals surface area contributed by atoms with E-state index in [-0.39, 0.29) is 22.3 Å². The Kier molecular flexibility index (Phi) is 7.74. The minimum atomic E-state index is -4.10. The van der Waals surface area contributed by atoms with Gasteiger partial charge in [0, 0.05) is 25.4 Å². The summed E-state index contributed by atoms with van der Waals surface area (Å²) in [7, 11) is -2.62. The maximum absolute atomic E-state index is 12.8. The van der Waals surface area contributed by atoms with Crippen LogP contribution in [0.2, 0.25) is 0 Å². The molecule has 1 heterocycles. The first-order valence-electron chi connectivity index (χ1n) is 11.8. The van der Waals surface area contributed by atoms with Gasteiger partial charge in [-0.05, 0) is 42.3 Å². The summed E-state index contributed by atoms with van der Waals surface area (Å²) < 4.78 is 27.8. The van der Waals surface area contributed by atoms with Crippen LogP contribution < -0.4 is 15.4 Å². The number of hydrogen-bond acceptors (Lipinski definition) is 9. The number of carbonyl (C=O) groups is 1. The summed E-state index contributed by atoms with van der Waals surface area (Å²) in [5.41, 5.74) is -0.246. The van der Waals surface area contributed by atoms with Crippen molar-refractivity contribution in [1.29, 1.82) is 0 Å². The smallest absolute Gasteiger partial charge is 0.269 e. The maximum Gasteiger partial charge on any atom is 0.269 e. The summed E-state index contributed by atoms with van der Waals surface area (Å²) >= 11 is 0. The predicted molar refractivity (Wildman–Crippen MR) is 145 cm³/mol. The molecule has 202 valence electrons. The zero-order valence-electron chi connectivity index (χ0n) is 21.0. The van der Waals surface area contributed by atoms with Crippen molar-refractivity contribution in [3.05, 3.63) is 101 Å². The molecule has 0 bridgehead atoms. The Bertz CT molecular complexity index is 1540. The molecule has 2 unspecified atom stereocenters. The van der Waals surface area contributed by atoms with E-state index in [1.807, 2.05) is 30.3 Å². The molecule has 1 amide bonds. The number of amides is 1. The van der Waals surface area contributed by atoms with Crippen LogP contribution in [0, 0.1) is 16.0 Å². The third-order valence-corrected chi connectivity index (χ3v) is 7.67. The highest BCUT2D eigenvalue weighted by Crippen LogP contribution is 2.35. The number of aliphatic hydroxyl groups is 1. The first kappa shape index (κ1) is 27.4. The Morgan fingerprint density at radius 3 is 2.46 bits per heavy atom. The molecular weight excluding hydrogens is 524 g/mol. The lowest BCUT2D eigenvalue weighted by atomic mass is 9.75. The fraction of sp³-hybridized carbons (Fsp3) is 0.192. The third-order valence-electron chi connectivity index (χ3n) is 6.30. The Balaban J connectivity index is 1.54. The highest BCUT2D eigenvalue weighted by molar-refractivity contribution is 7.92. The van der Waals surface area contributed by atoms with Crippen LogP contribution in [-0.2, 0) is 14.8 Å². The van der Waals surface area contributed by atoms with Gasteiger partial charge in [-0.25, -0.2) is 13.4 Å². The SMILES string of the molecule is CNC(=O)[C@H]1C=C(c2ccccc2)C=CC1(O)C(C)Nc1nccc(NS(=O)(=O)c2ccc([N+](=O)[O-])cc2)n1. The summed E-state index contributed by atoms with van der Waals surface area (Å²) in [5.74, 6) is -1.41. The van der Waals surface area contributed by atoms with Gasteiger partial charge in [0.15, 0.2) is 0 Å². The number of hydrogen-bond donors (Lipinski definition) is 4. The molecule has 3 aromatic rings. The van der Waals surface area contributed by atoms with Crippen molar-refractivity contribution in [2.75, 3.05) is 17.1 Å². The maximum atomic E-state index is 12.8. The van der Waals surface area contributed by atoms with Crippen LogP contribution in [0.25, 0.3) is 5.57 Å². The van der Waals surface area contributed by atoms with Crippen LogP contribution in [0.4, 0.5) is 17.5 Å². The van der Waals surface area contributed by atoms with Gasteiger partial charge >= 0.3 is 0 Å². The van der Waals surface area contributed by atoms with Gasteiger partial charge in [0.25, 0.3) is 15.7 Å². The highest BCUT2D eigenvalue weighted by atomic mass is 32.2. The average molecular weight is 551 g/mol. The van der Waals surface area contributed by atoms with Crippen molar-refractivity contribution < 1.29 is 23.2 Å². The lowest BCUT2D eigenvalue weighted by molar-refractivity contribution is -0.384. The van der Waals surface area contributed by atoms with Crippen LogP contribution in [0.3, 0.4) is 0 Å². The van der Waals surface area contributed by atoms with Crippen molar-refractivity contribution in [2.24, 2.45) is 5.92 Å². The summed E-state index contributed by atoms with van der Waals surface area (Å²) in [5, 5.41) is 28.0. The van der Waals surface area contributed by atoms with E-state index < -0.39 is 38.4 Å². The molecule has 4 N–H and O–H groups in total. The van der Waals surface area contributed by atoms with E-state index in [9.17, 15) is 28.4 Å². The first-order valence-corrected chi connectivity index (χ1v) is 13.3. The fourth-order valence-electron chi connectivity index (χ4n) is 4.11. The molecule has 0 fully saturated rings. The normalized spacial score (nSPS) is 19.5. The van der Waals surface area contributed by atoms with Crippen LogP contribution in [-0.4, -0.2) is 53.0 Å². The number of allylic oxidation sites excluding steroid dienone is 2. The lowest BCUT2D eigenvalue weighted by Gasteiger charge is -2.39. The molecule has 0 saturated carbocycles. The van der Waals surface area contributed by atoms with E-state index >= 15 is 0 Å². The zero-order chi connectivity index (χ0) is 28.2. The summed E-state index contributed by atoms with van der Waals surface area (Å²) in [6.45, 7) is 1.65. The minimum Gasteiger partial charge on any atom is -0.382 e. The molecule has 1 aromatic heterocycles. The number of nitro benzene ring substituents is 1. The second-order valence-corrected chi connectivity index (χ2v) is 10.5. The highest BCUT2D eigenvalue weighted by Gasteiger charge is 2.44. The monoisotopic (exact) mass is 550 g/mol. The summed E-state index contributed by atoms with van der Waals surface area (Å²) in [6, 6.07) is 14.4. The quantitative estimate of drug-likeness (QED) is 0.230. The van der Waals surface area contributed by atoms with Gasteiger partial charge in [0.1, 0.15) is 11.4 Å². The van der Waals surface area contributed by atoms with Crippen molar-refractivity contribution in [1.82, 2.24) is 15.3 Å². The zero-order valence-corrected chi connectivity index (χ0v) is 21.8. The number of rotatable bonds is 9. The van der Waals surface area contributed by atoms with Gasteiger partial charge in [0.2, 0.25) is 11.9 Å². The van der Waals surface area contributed by atoms with Crippen molar-refractivity contribution in [3.63, 3.8) is 0 Å². The molecule has 12 nitrogen and oxygen atoms in total. The molecule has 0 spiro atoms. The van der Waals surface area contributed by atoms with E-state index in [1.165, 1.54) is 19.3 Å². The Morgan fingerprint density at radius 2 is 1.82 bits per heavy atom. The van der Waals surface area contributed by atoms with Gasteiger partial charge < -0.3 is 15.7 Å². The summed E-state index contributed by atoms with van der Waals surface area (Å²) in [4.78, 5) is 31.1. The molecule has 1 aliphatic carbocycles. The van der Waals surface area contributed by atoms with Gasteiger partial charge in [-0.2, -0.15) is 4.98 Å². The van der Waals surface area contributed by atoms with Crippen LogP contribution in [0.1, 0.15) is 12.5 Å².